The van der Waals surface area contributed by atoms with Gasteiger partial charge < -0.3 is 14.7 Å². The number of carbonyl (C=O) groups is 1. The zero-order chi connectivity index (χ0) is 16.5. The number of anilines is 1. The highest BCUT2D eigenvalue weighted by Crippen LogP contribution is 2.25. The SMILES string of the molecule is Cc1noc2ncnc(NC3CCCN(C(=O)c4cccs4)C3)c12. The lowest BCUT2D eigenvalue weighted by molar-refractivity contribution is 0.0719. The van der Waals surface area contributed by atoms with E-state index < -0.39 is 0 Å². The molecule has 1 fully saturated rings. The lowest BCUT2D eigenvalue weighted by Gasteiger charge is -2.33. The average molecular weight is 343 g/mol. The van der Waals surface area contributed by atoms with Crippen molar-refractivity contribution >= 4 is 34.2 Å². The van der Waals surface area contributed by atoms with Crippen molar-refractivity contribution < 1.29 is 9.32 Å². The monoisotopic (exact) mass is 343 g/mol. The Morgan fingerprint density at radius 1 is 1.46 bits per heavy atom. The van der Waals surface area contributed by atoms with Gasteiger partial charge in [0.05, 0.1) is 10.6 Å². The van der Waals surface area contributed by atoms with Gasteiger partial charge >= 0.3 is 0 Å². The van der Waals surface area contributed by atoms with Crippen LogP contribution in [0.25, 0.3) is 11.1 Å². The third-order valence-electron chi connectivity index (χ3n) is 4.22. The Bertz CT molecular complexity index is 861. The first-order valence-corrected chi connectivity index (χ1v) is 8.76. The van der Waals surface area contributed by atoms with E-state index in [0.29, 0.717) is 18.1 Å². The first-order valence-electron chi connectivity index (χ1n) is 7.88. The van der Waals surface area contributed by atoms with Gasteiger partial charge in [-0.2, -0.15) is 4.98 Å². The van der Waals surface area contributed by atoms with Gasteiger partial charge in [-0.15, -0.1) is 11.3 Å². The maximum absolute atomic E-state index is 12.5. The standard InChI is InChI=1S/C16H17N5O2S/c1-10-13-14(17-9-18-15(13)23-20-10)19-11-4-2-6-21(8-11)16(22)12-5-3-7-24-12/h3,5,7,9,11H,2,4,6,8H2,1H3,(H,17,18,19). The van der Waals surface area contributed by atoms with E-state index in [0.717, 1.165) is 35.3 Å². The number of amides is 1. The number of piperidine rings is 1. The molecule has 24 heavy (non-hydrogen) atoms. The van der Waals surface area contributed by atoms with Crippen LogP contribution in [0, 0.1) is 6.92 Å². The summed E-state index contributed by atoms with van der Waals surface area (Å²) in [6.07, 6.45) is 3.42. The number of nitrogens with one attached hydrogen (secondary N) is 1. The van der Waals surface area contributed by atoms with Crippen LogP contribution < -0.4 is 5.32 Å². The average Bonchev–Trinajstić information content (AvgIpc) is 3.25. The maximum Gasteiger partial charge on any atom is 0.263 e. The van der Waals surface area contributed by atoms with E-state index in [4.69, 9.17) is 4.52 Å². The number of rotatable bonds is 3. The van der Waals surface area contributed by atoms with Crippen LogP contribution in [0.15, 0.2) is 28.4 Å². The van der Waals surface area contributed by atoms with Crippen molar-refractivity contribution in [2.75, 3.05) is 18.4 Å². The second kappa shape index (κ2) is 6.20. The fourth-order valence-electron chi connectivity index (χ4n) is 3.06. The molecular formula is C16H17N5O2S. The quantitative estimate of drug-likeness (QED) is 0.787. The van der Waals surface area contributed by atoms with Gasteiger partial charge in [0.2, 0.25) is 0 Å². The zero-order valence-electron chi connectivity index (χ0n) is 13.2. The van der Waals surface area contributed by atoms with E-state index in [2.05, 4.69) is 20.4 Å². The van der Waals surface area contributed by atoms with Crippen LogP contribution >= 0.6 is 11.3 Å². The second-order valence-corrected chi connectivity index (χ2v) is 6.83. The van der Waals surface area contributed by atoms with Crippen molar-refractivity contribution in [1.82, 2.24) is 20.0 Å². The summed E-state index contributed by atoms with van der Waals surface area (Å²) in [5.74, 6) is 0.819. The summed E-state index contributed by atoms with van der Waals surface area (Å²) >= 11 is 1.48. The molecule has 3 aromatic rings. The lowest BCUT2D eigenvalue weighted by atomic mass is 10.1. The van der Waals surface area contributed by atoms with Gasteiger partial charge in [0.1, 0.15) is 17.5 Å². The molecule has 1 amide bonds. The Balaban J connectivity index is 1.52. The van der Waals surface area contributed by atoms with Crippen molar-refractivity contribution in [2.45, 2.75) is 25.8 Å². The normalized spacial score (nSPS) is 18.0. The smallest absolute Gasteiger partial charge is 0.263 e. The topological polar surface area (TPSA) is 84.2 Å². The molecule has 1 saturated heterocycles. The third kappa shape index (κ3) is 2.73. The van der Waals surface area contributed by atoms with E-state index >= 15 is 0 Å². The van der Waals surface area contributed by atoms with Crippen LogP contribution in [-0.2, 0) is 0 Å². The first-order chi connectivity index (χ1) is 11.7. The highest BCUT2D eigenvalue weighted by atomic mass is 32.1. The Morgan fingerprint density at radius 3 is 3.21 bits per heavy atom. The molecule has 0 aliphatic carbocycles. The van der Waals surface area contributed by atoms with Crippen molar-refractivity contribution in [1.29, 1.82) is 0 Å². The number of aromatic nitrogens is 3. The van der Waals surface area contributed by atoms with Gasteiger partial charge in [0.15, 0.2) is 0 Å². The van der Waals surface area contributed by atoms with Crippen LogP contribution in [0.5, 0.6) is 0 Å². The number of likely N-dealkylation sites (tertiary alicyclic amines) is 1. The highest BCUT2D eigenvalue weighted by Gasteiger charge is 2.26. The molecule has 4 heterocycles. The van der Waals surface area contributed by atoms with Crippen LogP contribution in [0.4, 0.5) is 5.82 Å². The van der Waals surface area contributed by atoms with E-state index in [1.165, 1.54) is 17.7 Å². The first kappa shape index (κ1) is 15.1. The summed E-state index contributed by atoms with van der Waals surface area (Å²) in [5, 5.41) is 10.1. The fraction of sp³-hybridized carbons (Fsp3) is 0.375. The summed E-state index contributed by atoms with van der Waals surface area (Å²) in [4.78, 5) is 23.7. The molecule has 1 aliphatic heterocycles. The molecule has 124 valence electrons. The van der Waals surface area contributed by atoms with Crippen molar-refractivity contribution in [2.24, 2.45) is 0 Å². The molecule has 0 bridgehead atoms. The van der Waals surface area contributed by atoms with Gasteiger partial charge in [-0.05, 0) is 31.2 Å². The zero-order valence-corrected chi connectivity index (χ0v) is 14.0. The third-order valence-corrected chi connectivity index (χ3v) is 5.08. The van der Waals surface area contributed by atoms with Crippen molar-refractivity contribution in [3.8, 4) is 0 Å². The minimum absolute atomic E-state index is 0.102. The molecule has 1 aliphatic rings. The summed E-state index contributed by atoms with van der Waals surface area (Å²) < 4.78 is 5.18. The van der Waals surface area contributed by atoms with Gasteiger partial charge in [0, 0.05) is 19.1 Å². The summed E-state index contributed by atoms with van der Waals surface area (Å²) in [5.41, 5.74) is 1.24. The Hall–Kier alpha value is -2.48. The molecule has 0 spiro atoms. The Labute approximate surface area is 142 Å². The minimum Gasteiger partial charge on any atom is -0.365 e. The molecule has 4 rings (SSSR count). The van der Waals surface area contributed by atoms with Crippen LogP contribution in [0.3, 0.4) is 0 Å². The summed E-state index contributed by atoms with van der Waals surface area (Å²) in [7, 11) is 0. The van der Waals surface area contributed by atoms with E-state index in [1.54, 1.807) is 0 Å². The van der Waals surface area contributed by atoms with Gasteiger partial charge in [-0.25, -0.2) is 4.98 Å². The molecule has 7 nitrogen and oxygen atoms in total. The number of fused-ring (bicyclic) bond motifs is 1. The largest absolute Gasteiger partial charge is 0.365 e. The summed E-state index contributed by atoms with van der Waals surface area (Å²) in [6.45, 7) is 3.32. The fourth-order valence-corrected chi connectivity index (χ4v) is 3.75. The number of thiophene rings is 1. The van der Waals surface area contributed by atoms with Gasteiger partial charge in [-0.1, -0.05) is 11.2 Å². The number of hydrogen-bond acceptors (Lipinski definition) is 7. The predicted octanol–water partition coefficient (Wildman–Crippen LogP) is 2.70. The number of nitrogens with zero attached hydrogens (tertiary/aromatic N) is 4. The molecule has 1 unspecified atom stereocenters. The number of aryl methyl sites for hydroxylation is 1. The van der Waals surface area contributed by atoms with Gasteiger partial charge in [-0.3, -0.25) is 4.79 Å². The van der Waals surface area contributed by atoms with Crippen molar-refractivity contribution in [3.63, 3.8) is 0 Å². The Kier molecular flexibility index (Phi) is 3.89. The van der Waals surface area contributed by atoms with Crippen LogP contribution in [0.1, 0.15) is 28.2 Å². The molecular weight excluding hydrogens is 326 g/mol. The lowest BCUT2D eigenvalue weighted by Crippen LogP contribution is -2.45. The highest BCUT2D eigenvalue weighted by molar-refractivity contribution is 7.12. The van der Waals surface area contributed by atoms with Crippen LogP contribution in [-0.4, -0.2) is 45.1 Å². The predicted molar refractivity (Wildman–Crippen MR) is 91.2 cm³/mol. The molecule has 0 saturated carbocycles. The maximum atomic E-state index is 12.5. The molecule has 8 heteroatoms. The van der Waals surface area contributed by atoms with E-state index in [1.807, 2.05) is 29.3 Å². The second-order valence-electron chi connectivity index (χ2n) is 5.88. The Morgan fingerprint density at radius 2 is 2.38 bits per heavy atom. The van der Waals surface area contributed by atoms with Crippen LogP contribution in [0.2, 0.25) is 0 Å². The minimum atomic E-state index is 0.102. The van der Waals surface area contributed by atoms with Gasteiger partial charge in [0.25, 0.3) is 11.6 Å². The van der Waals surface area contributed by atoms with Crippen molar-refractivity contribution in [3.05, 3.63) is 34.4 Å². The number of hydrogen-bond donors (Lipinski definition) is 1. The van der Waals surface area contributed by atoms with E-state index in [9.17, 15) is 4.79 Å². The molecule has 1 atom stereocenters. The van der Waals surface area contributed by atoms with E-state index in [-0.39, 0.29) is 11.9 Å². The summed E-state index contributed by atoms with van der Waals surface area (Å²) in [6, 6.07) is 3.93. The molecule has 0 aromatic carbocycles. The molecule has 3 aromatic heterocycles. The molecule has 0 radical (unpaired) electrons. The number of carbonyl (C=O) groups excluding carboxylic acids is 1. The molecule has 1 N–H and O–H groups in total.